The first-order valence-corrected chi connectivity index (χ1v) is 13.1. The number of ether oxygens (including phenoxy) is 2. The molecule has 2 aromatic carbocycles. The van der Waals surface area contributed by atoms with Gasteiger partial charge in [-0.3, -0.25) is 14.4 Å². The molecule has 5 rings (SSSR count). The Morgan fingerprint density at radius 1 is 1.05 bits per heavy atom. The van der Waals surface area contributed by atoms with Gasteiger partial charge in [0.1, 0.15) is 23.9 Å². The third kappa shape index (κ3) is 5.11. The van der Waals surface area contributed by atoms with Gasteiger partial charge in [-0.1, -0.05) is 12.1 Å². The Hall–Kier alpha value is -3.35. The van der Waals surface area contributed by atoms with Crippen molar-refractivity contribution >= 4 is 17.3 Å². The zero-order valence-electron chi connectivity index (χ0n) is 22.9. The summed E-state index contributed by atoms with van der Waals surface area (Å²) in [6.45, 7) is 1.25. The number of methoxy groups -OCH3 is 1. The Morgan fingerprint density at radius 2 is 1.70 bits per heavy atom. The third-order valence-electron chi connectivity index (χ3n) is 7.92. The minimum atomic E-state index is -0.814. The van der Waals surface area contributed by atoms with Gasteiger partial charge < -0.3 is 39.9 Å². The molecule has 11 nitrogen and oxygen atoms in total. The van der Waals surface area contributed by atoms with E-state index in [0.717, 1.165) is 0 Å². The average molecular weight is 558 g/mol. The quantitative estimate of drug-likeness (QED) is 0.289. The molecule has 0 bridgehead atoms. The van der Waals surface area contributed by atoms with Crippen LogP contribution in [0.5, 0.6) is 17.2 Å². The number of hydrogen-bond acceptors (Lipinski definition) is 11. The summed E-state index contributed by atoms with van der Waals surface area (Å²) in [5.41, 5.74) is 0.301. The summed E-state index contributed by atoms with van der Waals surface area (Å²) in [5, 5.41) is 49.5. The van der Waals surface area contributed by atoms with Gasteiger partial charge in [-0.15, -0.1) is 0 Å². The number of likely N-dealkylation sites (N-methyl/N-ethyl adjacent to an activating group) is 1. The fourth-order valence-corrected chi connectivity index (χ4v) is 6.02. The van der Waals surface area contributed by atoms with Crippen LogP contribution in [0, 0.1) is 5.92 Å². The van der Waals surface area contributed by atoms with Gasteiger partial charge in [0.25, 0.3) is 0 Å². The third-order valence-corrected chi connectivity index (χ3v) is 7.92. The Balaban J connectivity index is 0.000000259. The minimum Gasteiger partial charge on any atom is -0.507 e. The van der Waals surface area contributed by atoms with Crippen LogP contribution in [-0.2, 0) is 22.4 Å². The van der Waals surface area contributed by atoms with E-state index in [1.807, 2.05) is 25.9 Å². The van der Waals surface area contributed by atoms with Crippen molar-refractivity contribution in [3.8, 4) is 17.2 Å². The van der Waals surface area contributed by atoms with E-state index in [0.29, 0.717) is 18.4 Å². The van der Waals surface area contributed by atoms with Crippen molar-refractivity contribution in [1.82, 2.24) is 4.90 Å². The molecule has 0 amide bonds. The highest BCUT2D eigenvalue weighted by Crippen LogP contribution is 2.47. The lowest BCUT2D eigenvalue weighted by atomic mass is 9.75. The first kappa shape index (κ1) is 29.6. The summed E-state index contributed by atoms with van der Waals surface area (Å²) in [4.78, 5) is 40.0. The molecule has 40 heavy (non-hydrogen) atoms. The van der Waals surface area contributed by atoms with E-state index < -0.39 is 36.5 Å². The predicted molar refractivity (Wildman–Crippen MR) is 142 cm³/mol. The lowest BCUT2D eigenvalue weighted by Gasteiger charge is -2.39. The summed E-state index contributed by atoms with van der Waals surface area (Å²) in [5.74, 6) is -2.56. The molecule has 3 aliphatic rings. The highest BCUT2D eigenvalue weighted by Gasteiger charge is 2.41. The number of phenols is 2. The first-order chi connectivity index (χ1) is 18.9. The van der Waals surface area contributed by atoms with Crippen LogP contribution in [0.4, 0.5) is 0 Å². The molecule has 0 radical (unpaired) electrons. The van der Waals surface area contributed by atoms with Crippen LogP contribution >= 0.6 is 0 Å². The smallest absolute Gasteiger partial charge is 0.202 e. The van der Waals surface area contributed by atoms with Gasteiger partial charge in [0.15, 0.2) is 17.9 Å². The Morgan fingerprint density at radius 3 is 2.30 bits per heavy atom. The minimum absolute atomic E-state index is 0.0200. The topological polar surface area (TPSA) is 174 Å². The maximum absolute atomic E-state index is 13.1. The van der Waals surface area contributed by atoms with Gasteiger partial charge in [0.2, 0.25) is 5.78 Å². The number of Topliss-reactive ketones (excluding diaryl/α,β-unsaturated/α-hetero) is 1. The maximum Gasteiger partial charge on any atom is 0.202 e. The average Bonchev–Trinajstić information content (AvgIpc) is 2.92. The van der Waals surface area contributed by atoms with Crippen molar-refractivity contribution in [3.05, 3.63) is 51.6 Å². The molecular formula is C29H35NO10. The molecule has 216 valence electrons. The van der Waals surface area contributed by atoms with E-state index in [9.17, 15) is 29.7 Å². The number of rotatable bonds is 4. The van der Waals surface area contributed by atoms with Crippen molar-refractivity contribution in [3.63, 3.8) is 0 Å². The number of fused-ring (bicyclic) bond motifs is 3. The van der Waals surface area contributed by atoms with E-state index in [1.54, 1.807) is 12.1 Å². The maximum atomic E-state index is 13.1. The molecule has 5 N–H and O–H groups in total. The number of ketones is 3. The number of hydrogen-bond donors (Lipinski definition) is 5. The van der Waals surface area contributed by atoms with Gasteiger partial charge >= 0.3 is 0 Å². The van der Waals surface area contributed by atoms with E-state index in [2.05, 4.69) is 0 Å². The van der Waals surface area contributed by atoms with E-state index >= 15 is 0 Å². The van der Waals surface area contributed by atoms with Gasteiger partial charge in [-0.05, 0) is 46.3 Å². The first-order valence-electron chi connectivity index (χ1n) is 13.1. The zero-order chi connectivity index (χ0) is 29.5. The highest BCUT2D eigenvalue weighted by molar-refractivity contribution is 6.31. The summed E-state index contributed by atoms with van der Waals surface area (Å²) in [7, 11) is 5.17. The fourth-order valence-electron chi connectivity index (χ4n) is 6.02. The van der Waals surface area contributed by atoms with Crippen molar-refractivity contribution in [2.24, 2.45) is 5.92 Å². The number of nitrogens with zero attached hydrogens (tertiary/aromatic N) is 1. The second-order valence-corrected chi connectivity index (χ2v) is 10.6. The Labute approximate surface area is 231 Å². The van der Waals surface area contributed by atoms with Crippen molar-refractivity contribution in [2.45, 2.75) is 57.1 Å². The number of carbonyl (C=O) groups is 3. The molecular weight excluding hydrogens is 522 g/mol. The van der Waals surface area contributed by atoms with Crippen LogP contribution in [0.2, 0.25) is 0 Å². The predicted octanol–water partition coefficient (Wildman–Crippen LogP) is 0.953. The van der Waals surface area contributed by atoms with Crippen molar-refractivity contribution < 1.29 is 49.4 Å². The summed E-state index contributed by atoms with van der Waals surface area (Å²) in [6.07, 6.45) is -0.427. The molecule has 5 atom stereocenters. The molecule has 1 heterocycles. The molecule has 0 aromatic heterocycles. The SMILES string of the molecule is CC1OC(O)CC(O)C1N(C)C.COc1cccc2c1C(=O)c1c(O)c3c(c(O)c1C2=O)CC(C(=O)CO)CC3. The van der Waals surface area contributed by atoms with Crippen LogP contribution in [-0.4, -0.2) is 100 Å². The van der Waals surface area contributed by atoms with E-state index in [-0.39, 0.29) is 75.8 Å². The van der Waals surface area contributed by atoms with Crippen LogP contribution in [0.1, 0.15) is 62.7 Å². The van der Waals surface area contributed by atoms with Gasteiger partial charge in [0.05, 0.1) is 42.0 Å². The summed E-state index contributed by atoms with van der Waals surface area (Å²) < 4.78 is 10.4. The van der Waals surface area contributed by atoms with E-state index in [1.165, 1.54) is 13.2 Å². The van der Waals surface area contributed by atoms with Gasteiger partial charge in [0, 0.05) is 29.0 Å². The normalized spacial score (nSPS) is 25.4. The molecule has 2 aromatic rings. The van der Waals surface area contributed by atoms with Crippen LogP contribution in [0.3, 0.4) is 0 Å². The largest absolute Gasteiger partial charge is 0.507 e. The lowest BCUT2D eigenvalue weighted by molar-refractivity contribution is -0.209. The molecule has 11 heteroatoms. The number of aliphatic hydroxyl groups is 3. The summed E-state index contributed by atoms with van der Waals surface area (Å²) >= 11 is 0. The van der Waals surface area contributed by atoms with Crippen LogP contribution in [0.25, 0.3) is 0 Å². The van der Waals surface area contributed by atoms with Gasteiger partial charge in [-0.2, -0.15) is 0 Å². The van der Waals surface area contributed by atoms with Crippen molar-refractivity contribution in [2.75, 3.05) is 27.8 Å². The van der Waals surface area contributed by atoms with Crippen molar-refractivity contribution in [1.29, 1.82) is 0 Å². The Kier molecular flexibility index (Phi) is 8.62. The second-order valence-electron chi connectivity index (χ2n) is 10.6. The number of phenolic OH excluding ortho intramolecular Hbond substituents is 2. The fraction of sp³-hybridized carbons (Fsp3) is 0.483. The molecule has 1 saturated heterocycles. The second kappa shape index (κ2) is 11.6. The monoisotopic (exact) mass is 557 g/mol. The van der Waals surface area contributed by atoms with Gasteiger partial charge in [-0.25, -0.2) is 0 Å². The molecule has 0 saturated carbocycles. The summed E-state index contributed by atoms with van der Waals surface area (Å²) in [6, 6.07) is 4.57. The van der Waals surface area contributed by atoms with Crippen LogP contribution in [0.15, 0.2) is 18.2 Å². The number of carbonyl (C=O) groups excluding carboxylic acids is 3. The number of aliphatic hydroxyl groups excluding tert-OH is 3. The molecule has 1 fully saturated rings. The molecule has 2 aliphatic carbocycles. The number of benzene rings is 2. The zero-order valence-corrected chi connectivity index (χ0v) is 22.9. The van der Waals surface area contributed by atoms with Crippen LogP contribution < -0.4 is 4.74 Å². The standard InChI is InChI=1S/C21H18O7.C8H17NO3/c1-28-14-4-2-3-11-15(14)21(27)17-16(19(11)25)20(26)12-7-9(13(23)8-22)5-6-10(12)18(17)24;1-5-8(9(2)3)6(10)4-7(11)12-5/h2-4,9,22,24,26H,5-8H2,1H3;5-8,10-11H,4H2,1-3H3. The number of aromatic hydroxyl groups is 2. The molecule has 0 spiro atoms. The highest BCUT2D eigenvalue weighted by atomic mass is 16.6. The lowest BCUT2D eigenvalue weighted by Crippen LogP contribution is -2.53. The van der Waals surface area contributed by atoms with E-state index in [4.69, 9.17) is 19.7 Å². The molecule has 1 aliphatic heterocycles. The Bertz CT molecular complexity index is 1320. The molecule has 5 unspecified atom stereocenters.